The smallest absolute Gasteiger partial charge is 0.320 e. The number of carbonyl (C=O) groups excluding carboxylic acids is 1. The van der Waals surface area contributed by atoms with E-state index in [1.165, 1.54) is 11.0 Å². The molecule has 0 saturated heterocycles. The summed E-state index contributed by atoms with van der Waals surface area (Å²) in [5.74, 6) is -0.991. The summed E-state index contributed by atoms with van der Waals surface area (Å²) in [7, 11) is 3.34. The summed E-state index contributed by atoms with van der Waals surface area (Å²) in [6, 6.07) is 12.4. The maximum atomic E-state index is 14.1. The predicted octanol–water partition coefficient (Wildman–Crippen LogP) is 4.09. The molecule has 1 aliphatic heterocycles. The van der Waals surface area contributed by atoms with Crippen molar-refractivity contribution in [3.63, 3.8) is 0 Å². The second-order valence-electron chi connectivity index (χ2n) is 5.98. The second kappa shape index (κ2) is 6.43. The van der Waals surface area contributed by atoms with Gasteiger partial charge < -0.3 is 9.80 Å². The summed E-state index contributed by atoms with van der Waals surface area (Å²) >= 11 is 0. The Bertz CT molecular complexity index is 787. The van der Waals surface area contributed by atoms with Gasteiger partial charge in [-0.15, -0.1) is 0 Å². The fourth-order valence-electron chi connectivity index (χ4n) is 2.90. The molecule has 0 radical (unpaired) electrons. The molecule has 3 nitrogen and oxygen atoms in total. The minimum Gasteiger partial charge on any atom is -0.331 e. The van der Waals surface area contributed by atoms with Gasteiger partial charge in [-0.3, -0.25) is 0 Å². The highest BCUT2D eigenvalue weighted by atomic mass is 19.1. The number of rotatable bonds is 2. The molecule has 0 saturated carbocycles. The lowest BCUT2D eigenvalue weighted by Gasteiger charge is -2.28. The first kappa shape index (κ1) is 16.2. The number of amides is 2. The van der Waals surface area contributed by atoms with E-state index in [-0.39, 0.29) is 24.2 Å². The van der Waals surface area contributed by atoms with Crippen LogP contribution in [0.4, 0.5) is 13.6 Å². The number of hydrogen-bond donors (Lipinski definition) is 0. The lowest BCUT2D eigenvalue weighted by Crippen LogP contribution is -2.39. The number of halogens is 2. The van der Waals surface area contributed by atoms with Gasteiger partial charge in [-0.05, 0) is 29.3 Å². The van der Waals surface area contributed by atoms with E-state index in [4.69, 9.17) is 0 Å². The normalized spacial score (nSPS) is 16.9. The minimum atomic E-state index is -0.499. The van der Waals surface area contributed by atoms with Crippen molar-refractivity contribution in [1.29, 1.82) is 0 Å². The molecule has 1 atom stereocenters. The number of carbonyl (C=O) groups is 1. The molecule has 2 aromatic rings. The van der Waals surface area contributed by atoms with Crippen LogP contribution >= 0.6 is 0 Å². The molecule has 124 valence electrons. The Morgan fingerprint density at radius 1 is 1.12 bits per heavy atom. The van der Waals surface area contributed by atoms with Crippen LogP contribution in [0.5, 0.6) is 0 Å². The van der Waals surface area contributed by atoms with Crippen LogP contribution in [0.2, 0.25) is 0 Å². The Morgan fingerprint density at radius 3 is 2.50 bits per heavy atom. The van der Waals surface area contributed by atoms with Crippen LogP contribution in [0.25, 0.3) is 5.57 Å². The van der Waals surface area contributed by atoms with E-state index in [9.17, 15) is 13.6 Å². The van der Waals surface area contributed by atoms with E-state index in [0.717, 1.165) is 17.7 Å². The Balaban J connectivity index is 2.03. The summed E-state index contributed by atoms with van der Waals surface area (Å²) in [5.41, 5.74) is 1.74. The van der Waals surface area contributed by atoms with Crippen LogP contribution in [-0.4, -0.2) is 36.5 Å². The molecule has 2 aromatic carbocycles. The molecular formula is C19H18F2N2O. The zero-order valence-electron chi connectivity index (χ0n) is 13.5. The summed E-state index contributed by atoms with van der Waals surface area (Å²) < 4.78 is 27.6. The van der Waals surface area contributed by atoms with Crippen LogP contribution in [0, 0.1) is 11.6 Å². The van der Waals surface area contributed by atoms with Crippen molar-refractivity contribution in [3.05, 3.63) is 77.4 Å². The molecule has 0 unspecified atom stereocenters. The Morgan fingerprint density at radius 2 is 1.83 bits per heavy atom. The standard InChI is InChI=1S/C19H18F2N2O/c1-22(2)19(24)23-12-14(16-11-15(20)8-9-17(16)21)10-18(23)13-6-4-3-5-7-13/h3-11,18H,12H2,1-2H3/t18-/m1/s1. The van der Waals surface area contributed by atoms with Crippen molar-refractivity contribution in [3.8, 4) is 0 Å². The maximum Gasteiger partial charge on any atom is 0.320 e. The van der Waals surface area contributed by atoms with Crippen LogP contribution < -0.4 is 0 Å². The van der Waals surface area contributed by atoms with Gasteiger partial charge in [0.25, 0.3) is 0 Å². The number of benzene rings is 2. The molecule has 5 heteroatoms. The van der Waals surface area contributed by atoms with Gasteiger partial charge in [0.15, 0.2) is 0 Å². The molecule has 0 spiro atoms. The van der Waals surface area contributed by atoms with Crippen molar-refractivity contribution in [2.45, 2.75) is 6.04 Å². The fraction of sp³-hybridized carbons (Fsp3) is 0.211. The minimum absolute atomic E-state index is 0.174. The first-order chi connectivity index (χ1) is 11.5. The van der Waals surface area contributed by atoms with Crippen LogP contribution in [0.1, 0.15) is 17.2 Å². The third-order valence-electron chi connectivity index (χ3n) is 4.08. The van der Waals surface area contributed by atoms with Gasteiger partial charge in [-0.2, -0.15) is 0 Å². The van der Waals surface area contributed by atoms with Crippen molar-refractivity contribution in [2.24, 2.45) is 0 Å². The van der Waals surface area contributed by atoms with Gasteiger partial charge in [-0.1, -0.05) is 36.4 Å². The number of nitrogens with zero attached hydrogens (tertiary/aromatic N) is 2. The average Bonchev–Trinajstić information content (AvgIpc) is 3.02. The largest absolute Gasteiger partial charge is 0.331 e. The molecule has 0 aliphatic carbocycles. The highest BCUT2D eigenvalue weighted by Gasteiger charge is 2.32. The van der Waals surface area contributed by atoms with Crippen LogP contribution in [0.15, 0.2) is 54.6 Å². The summed E-state index contributed by atoms with van der Waals surface area (Å²) in [4.78, 5) is 15.6. The summed E-state index contributed by atoms with van der Waals surface area (Å²) in [6.45, 7) is 0.233. The quantitative estimate of drug-likeness (QED) is 0.814. The van der Waals surface area contributed by atoms with Crippen molar-refractivity contribution in [2.75, 3.05) is 20.6 Å². The molecule has 0 bridgehead atoms. The zero-order valence-corrected chi connectivity index (χ0v) is 13.5. The van der Waals surface area contributed by atoms with Gasteiger partial charge >= 0.3 is 6.03 Å². The molecule has 1 heterocycles. The van der Waals surface area contributed by atoms with Gasteiger partial charge in [0.1, 0.15) is 11.6 Å². The maximum absolute atomic E-state index is 14.1. The first-order valence-electron chi connectivity index (χ1n) is 7.66. The lowest BCUT2D eigenvalue weighted by atomic mass is 10.0. The van der Waals surface area contributed by atoms with Crippen LogP contribution in [0.3, 0.4) is 0 Å². The van der Waals surface area contributed by atoms with Gasteiger partial charge in [-0.25, -0.2) is 13.6 Å². The second-order valence-corrected chi connectivity index (χ2v) is 5.98. The summed E-state index contributed by atoms with van der Waals surface area (Å²) in [5, 5.41) is 0. The highest BCUT2D eigenvalue weighted by Crippen LogP contribution is 2.36. The topological polar surface area (TPSA) is 23.6 Å². The van der Waals surface area contributed by atoms with E-state index in [0.29, 0.717) is 5.57 Å². The van der Waals surface area contributed by atoms with E-state index in [1.807, 2.05) is 36.4 Å². The SMILES string of the molecule is CN(C)C(=O)N1CC(c2cc(F)ccc2F)=C[C@@H]1c1ccccc1. The molecule has 24 heavy (non-hydrogen) atoms. The van der Waals surface area contributed by atoms with E-state index < -0.39 is 11.6 Å². The summed E-state index contributed by atoms with van der Waals surface area (Å²) in [6.07, 6.45) is 1.83. The monoisotopic (exact) mass is 328 g/mol. The molecule has 1 aliphatic rings. The van der Waals surface area contributed by atoms with Crippen molar-refractivity contribution >= 4 is 11.6 Å². The molecule has 0 fully saturated rings. The fourth-order valence-corrected chi connectivity index (χ4v) is 2.90. The Labute approximate surface area is 139 Å². The van der Waals surface area contributed by atoms with Gasteiger partial charge in [0.05, 0.1) is 6.04 Å². The molecule has 2 amide bonds. The van der Waals surface area contributed by atoms with E-state index in [1.54, 1.807) is 19.0 Å². The predicted molar refractivity (Wildman–Crippen MR) is 89.3 cm³/mol. The molecule has 3 rings (SSSR count). The van der Waals surface area contributed by atoms with Crippen LogP contribution in [-0.2, 0) is 0 Å². The number of urea groups is 1. The van der Waals surface area contributed by atoms with Crippen molar-refractivity contribution < 1.29 is 13.6 Å². The highest BCUT2D eigenvalue weighted by molar-refractivity contribution is 5.81. The number of hydrogen-bond acceptors (Lipinski definition) is 1. The molecule has 0 aromatic heterocycles. The van der Waals surface area contributed by atoms with E-state index >= 15 is 0 Å². The lowest BCUT2D eigenvalue weighted by molar-refractivity contribution is 0.170. The van der Waals surface area contributed by atoms with Crippen molar-refractivity contribution in [1.82, 2.24) is 9.80 Å². The van der Waals surface area contributed by atoms with Gasteiger partial charge in [0.2, 0.25) is 0 Å². The molecule has 0 N–H and O–H groups in total. The average molecular weight is 328 g/mol. The Kier molecular flexibility index (Phi) is 4.34. The third kappa shape index (κ3) is 3.02. The van der Waals surface area contributed by atoms with Gasteiger partial charge in [0, 0.05) is 26.2 Å². The van der Waals surface area contributed by atoms with E-state index in [2.05, 4.69) is 0 Å². The first-order valence-corrected chi connectivity index (χ1v) is 7.66. The zero-order chi connectivity index (χ0) is 17.3. The third-order valence-corrected chi connectivity index (χ3v) is 4.08. The Hall–Kier alpha value is -2.69. The molecular weight excluding hydrogens is 310 g/mol.